The largest absolute Gasteiger partial charge is 0.542 e. The van der Waals surface area contributed by atoms with Gasteiger partial charge < -0.3 is 38.2 Å². The van der Waals surface area contributed by atoms with Gasteiger partial charge >= 0.3 is 11.5 Å². The second-order valence-electron chi connectivity index (χ2n) is 22.6. The highest BCUT2D eigenvalue weighted by molar-refractivity contribution is 6.75. The SMILES string of the molecule is CC(Cl)OC(=O)Cl.Cc1ncc(CO[Si](C)(C)C(C)(C)C)c(CN)c1O[Si](C)(C)C(C)(C)C.Cc1ncc(CO[Si](C)(C)C(C)(C)C)c(CNC(=O)OC(C)Cl)c1O[Si](C)(C)C(C)(C)C. The Labute approximate surface area is 413 Å². The number of hydrogen-bond acceptors (Lipinski definition) is 11. The van der Waals surface area contributed by atoms with Gasteiger partial charge in [0, 0.05) is 52.8 Å². The van der Waals surface area contributed by atoms with E-state index < -0.39 is 55.9 Å². The van der Waals surface area contributed by atoms with Gasteiger partial charge in [0.15, 0.2) is 27.8 Å². The van der Waals surface area contributed by atoms with Crippen LogP contribution in [0.4, 0.5) is 9.59 Å². The minimum Gasteiger partial charge on any atom is -0.542 e. The molecule has 0 saturated heterocycles. The van der Waals surface area contributed by atoms with Gasteiger partial charge in [-0.25, -0.2) is 9.59 Å². The molecule has 0 bridgehead atoms. The van der Waals surface area contributed by atoms with E-state index in [9.17, 15) is 9.59 Å². The van der Waals surface area contributed by atoms with Crippen LogP contribution in [0.2, 0.25) is 72.5 Å². The van der Waals surface area contributed by atoms with Crippen LogP contribution < -0.4 is 19.9 Å². The van der Waals surface area contributed by atoms with Crippen LogP contribution in [0.1, 0.15) is 131 Å². The zero-order valence-corrected chi connectivity index (χ0v) is 50.8. The molecule has 65 heavy (non-hydrogen) atoms. The highest BCUT2D eigenvalue weighted by Crippen LogP contribution is 2.43. The number of alkyl halides is 2. The molecule has 0 aliphatic heterocycles. The minimum absolute atomic E-state index is 0.0186. The third-order valence-corrected chi connectivity index (χ3v) is 30.9. The van der Waals surface area contributed by atoms with E-state index in [4.69, 9.17) is 63.0 Å². The number of alkyl carbamates (subject to hydrolysis) is 1. The third kappa shape index (κ3) is 20.4. The molecule has 376 valence electrons. The second kappa shape index (κ2) is 24.7. The molecule has 1 amide bonds. The van der Waals surface area contributed by atoms with Gasteiger partial charge in [-0.3, -0.25) is 9.97 Å². The number of aryl methyl sites for hydroxylation is 2. The quantitative estimate of drug-likeness (QED) is 0.0995. The van der Waals surface area contributed by atoms with Gasteiger partial charge in [0.1, 0.15) is 11.5 Å². The van der Waals surface area contributed by atoms with Crippen molar-refractivity contribution in [3.63, 3.8) is 0 Å². The fraction of sp³-hybridized carbons (Fsp3) is 0.739. The van der Waals surface area contributed by atoms with Crippen molar-refractivity contribution in [2.24, 2.45) is 5.73 Å². The molecule has 3 N–H and O–H groups in total. The van der Waals surface area contributed by atoms with Crippen molar-refractivity contribution in [1.82, 2.24) is 15.3 Å². The van der Waals surface area contributed by atoms with Crippen molar-refractivity contribution in [3.05, 3.63) is 46.0 Å². The summed E-state index contributed by atoms with van der Waals surface area (Å²) >= 11 is 15.7. The molecule has 2 aromatic rings. The number of amides is 1. The average molecular weight is 1040 g/mol. The standard InChI is InChI=1S/C23H43ClN2O4Si2.C20H40N2O2Si2.C3H4Cl2O2/c1-16-20(30-32(11,12)23(6,7)8)19(14-26-21(27)29-17(2)24)18(13-25-16)15-28-31(9,10)22(3,4)5;1-15-18(24-26(10,11)20(5,6)7)17(12-21)16(13-22-15)14-23-25(8,9)19(2,3)4;1-2(4)7-3(5)6/h13,17H,14-15H2,1-12H3,(H,26,27);13H,12,14,21H2,1-11H3;2H,1H3. The van der Waals surface area contributed by atoms with Crippen LogP contribution in [0.25, 0.3) is 0 Å². The Morgan fingerprint density at radius 2 is 0.938 bits per heavy atom. The number of carbonyl (C=O) groups excluding carboxylic acids is 2. The number of nitrogens with zero attached hydrogens (tertiary/aromatic N) is 2. The van der Waals surface area contributed by atoms with E-state index in [2.05, 4.69) is 155 Å². The van der Waals surface area contributed by atoms with Crippen molar-refractivity contribution >= 4 is 79.6 Å². The van der Waals surface area contributed by atoms with Gasteiger partial charge in [0.05, 0.1) is 31.1 Å². The Morgan fingerprint density at radius 3 is 1.22 bits per heavy atom. The number of rotatable bonds is 15. The van der Waals surface area contributed by atoms with E-state index in [0.29, 0.717) is 19.8 Å². The fourth-order valence-electron chi connectivity index (χ4n) is 4.53. The summed E-state index contributed by atoms with van der Waals surface area (Å²) < 4.78 is 35.4. The summed E-state index contributed by atoms with van der Waals surface area (Å²) in [5.41, 5.74) is 9.50. The Morgan fingerprint density at radius 1 is 0.615 bits per heavy atom. The summed E-state index contributed by atoms with van der Waals surface area (Å²) in [5.74, 6) is 1.60. The summed E-state index contributed by atoms with van der Waals surface area (Å²) in [7, 11) is -7.91. The molecular formula is C46H87Cl3N4O8Si4. The molecule has 12 nitrogen and oxygen atoms in total. The van der Waals surface area contributed by atoms with Gasteiger partial charge in [-0.2, -0.15) is 0 Å². The van der Waals surface area contributed by atoms with Gasteiger partial charge in [0.25, 0.3) is 16.6 Å². The van der Waals surface area contributed by atoms with Crippen LogP contribution in [0.15, 0.2) is 12.4 Å². The predicted molar refractivity (Wildman–Crippen MR) is 282 cm³/mol. The molecule has 0 spiro atoms. The summed E-state index contributed by atoms with van der Waals surface area (Å²) in [5, 5.41) is 3.21. The number of ether oxygens (including phenoxy) is 2. The number of hydrogen-bond donors (Lipinski definition) is 2. The van der Waals surface area contributed by atoms with Crippen molar-refractivity contribution < 1.29 is 36.8 Å². The van der Waals surface area contributed by atoms with E-state index in [1.807, 2.05) is 26.2 Å². The molecule has 0 aromatic carbocycles. The molecule has 0 fully saturated rings. The maximum atomic E-state index is 12.1. The topological polar surface area (TPSA) is 153 Å². The first-order chi connectivity index (χ1) is 28.9. The zero-order valence-electron chi connectivity index (χ0n) is 44.5. The fourth-order valence-corrected chi connectivity index (χ4v) is 8.95. The summed E-state index contributed by atoms with van der Waals surface area (Å²) in [6, 6.07) is 0. The molecule has 2 rings (SSSR count). The highest BCUT2D eigenvalue weighted by Gasteiger charge is 2.42. The summed E-state index contributed by atoms with van der Waals surface area (Å²) in [4.78, 5) is 31.1. The number of nitrogens with one attached hydrogen (secondary N) is 1. The zero-order chi connectivity index (χ0) is 51.5. The molecule has 0 aliphatic carbocycles. The molecule has 0 aliphatic rings. The van der Waals surface area contributed by atoms with E-state index >= 15 is 0 Å². The van der Waals surface area contributed by atoms with E-state index in [1.54, 1.807) is 6.92 Å². The lowest BCUT2D eigenvalue weighted by Crippen LogP contribution is -2.44. The monoisotopic (exact) mass is 1040 g/mol. The minimum atomic E-state index is -2.14. The molecule has 0 saturated carbocycles. The van der Waals surface area contributed by atoms with E-state index in [1.165, 1.54) is 6.92 Å². The van der Waals surface area contributed by atoms with Crippen LogP contribution in [-0.2, 0) is 44.6 Å². The van der Waals surface area contributed by atoms with Gasteiger partial charge in [-0.15, -0.1) is 0 Å². The molecule has 2 aromatic heterocycles. The Kier molecular flexibility index (Phi) is 24.0. The molecule has 2 heterocycles. The number of carbonyl (C=O) groups is 2. The van der Waals surface area contributed by atoms with Crippen LogP contribution in [0.5, 0.6) is 11.5 Å². The normalized spacial score (nSPS) is 13.9. The van der Waals surface area contributed by atoms with E-state index in [0.717, 1.165) is 45.1 Å². The lowest BCUT2D eigenvalue weighted by molar-refractivity contribution is 0.138. The van der Waals surface area contributed by atoms with Crippen molar-refractivity contribution in [1.29, 1.82) is 0 Å². The Hall–Kier alpha value is -1.74. The first-order valence-electron chi connectivity index (χ1n) is 22.3. The lowest BCUT2D eigenvalue weighted by Gasteiger charge is -2.38. The third-order valence-electron chi connectivity index (χ3n) is 13.1. The first-order valence-corrected chi connectivity index (χ1v) is 35.2. The molecule has 2 unspecified atom stereocenters. The first kappa shape index (κ1) is 63.3. The molecule has 0 radical (unpaired) electrons. The smallest absolute Gasteiger partial charge is 0.408 e. The van der Waals surface area contributed by atoms with Crippen LogP contribution in [-0.4, -0.2) is 65.9 Å². The summed E-state index contributed by atoms with van der Waals surface area (Å²) in [6.45, 7) is 53.3. The Bertz CT molecular complexity index is 1860. The average Bonchev–Trinajstić information content (AvgIpc) is 3.09. The lowest BCUT2D eigenvalue weighted by atomic mass is 10.1. The number of nitrogens with two attached hydrogens (primary N) is 1. The van der Waals surface area contributed by atoms with Gasteiger partial charge in [-0.1, -0.05) is 106 Å². The maximum Gasteiger partial charge on any atom is 0.408 e. The van der Waals surface area contributed by atoms with Crippen molar-refractivity contribution in [2.75, 3.05) is 0 Å². The van der Waals surface area contributed by atoms with Crippen molar-refractivity contribution in [3.8, 4) is 11.5 Å². The predicted octanol–water partition coefficient (Wildman–Crippen LogP) is 14.8. The van der Waals surface area contributed by atoms with Crippen molar-refractivity contribution in [2.45, 2.75) is 221 Å². The van der Waals surface area contributed by atoms with E-state index in [-0.39, 0.29) is 26.7 Å². The summed E-state index contributed by atoms with van der Waals surface area (Å²) in [6.07, 6.45) is 3.16. The second-order valence-corrected chi connectivity index (χ2v) is 43.2. The number of halogens is 3. The Balaban J connectivity index is 0.00000111. The van der Waals surface area contributed by atoms with Crippen LogP contribution in [0.3, 0.4) is 0 Å². The number of pyridine rings is 2. The molecule has 2 atom stereocenters. The van der Waals surface area contributed by atoms with Crippen LogP contribution >= 0.6 is 34.8 Å². The van der Waals surface area contributed by atoms with Gasteiger partial charge in [-0.05, 0) is 100 Å². The number of aromatic nitrogens is 2. The molecule has 19 heteroatoms. The van der Waals surface area contributed by atoms with Gasteiger partial charge in [0.2, 0.25) is 0 Å². The van der Waals surface area contributed by atoms with Crippen LogP contribution in [0, 0.1) is 13.8 Å². The molecular weight excluding hydrogens is 955 g/mol. The maximum absolute atomic E-state index is 12.1. The highest BCUT2D eigenvalue weighted by atomic mass is 35.5.